The van der Waals surface area contributed by atoms with Gasteiger partial charge in [0.05, 0.1) is 24.1 Å². The Labute approximate surface area is 141 Å². The average molecular weight is 323 g/mol. The predicted molar refractivity (Wildman–Crippen MR) is 92.5 cm³/mol. The number of nitrogens with one attached hydrogen (secondary N) is 1. The Balaban J connectivity index is 1.60. The molecule has 124 valence electrons. The van der Waals surface area contributed by atoms with Gasteiger partial charge in [0.2, 0.25) is 5.78 Å². The lowest BCUT2D eigenvalue weighted by Crippen LogP contribution is -2.38. The molecule has 0 saturated carbocycles. The fraction of sp³-hybridized carbons (Fsp3) is 0.368. The third-order valence-electron chi connectivity index (χ3n) is 5.12. The van der Waals surface area contributed by atoms with Crippen molar-refractivity contribution in [1.29, 1.82) is 0 Å². The summed E-state index contributed by atoms with van der Waals surface area (Å²) in [6.07, 6.45) is 2.88. The first-order chi connectivity index (χ1) is 11.6. The van der Waals surface area contributed by atoms with Crippen LogP contribution in [0, 0.1) is 0 Å². The number of H-pyrrole nitrogens is 1. The summed E-state index contributed by atoms with van der Waals surface area (Å²) < 4.78 is 0. The number of hydrogen-bond donors (Lipinski definition) is 2. The highest BCUT2D eigenvalue weighted by molar-refractivity contribution is 6.47. The van der Waals surface area contributed by atoms with E-state index in [1.54, 1.807) is 0 Å². The van der Waals surface area contributed by atoms with E-state index in [2.05, 4.69) is 21.9 Å². The van der Waals surface area contributed by atoms with Crippen molar-refractivity contribution >= 4 is 11.5 Å². The van der Waals surface area contributed by atoms with E-state index in [1.165, 1.54) is 5.56 Å². The molecule has 1 aliphatic heterocycles. The molecule has 5 heteroatoms. The number of nitrogens with zero attached hydrogens (tertiary/aromatic N) is 2. The summed E-state index contributed by atoms with van der Waals surface area (Å²) in [6, 6.07) is 9.65. The normalized spacial score (nSPS) is 23.3. The van der Waals surface area contributed by atoms with Gasteiger partial charge in [0, 0.05) is 30.8 Å². The molecule has 1 aliphatic carbocycles. The van der Waals surface area contributed by atoms with Crippen molar-refractivity contribution in [1.82, 2.24) is 9.88 Å². The van der Waals surface area contributed by atoms with E-state index in [4.69, 9.17) is 0 Å². The Morgan fingerprint density at radius 2 is 2.17 bits per heavy atom. The van der Waals surface area contributed by atoms with Crippen LogP contribution in [0.4, 0.5) is 0 Å². The van der Waals surface area contributed by atoms with Gasteiger partial charge >= 0.3 is 0 Å². The molecular weight excluding hydrogens is 302 g/mol. The minimum atomic E-state index is -0.684. The quantitative estimate of drug-likeness (QED) is 0.911. The number of ketones is 1. The number of benzene rings is 1. The third-order valence-corrected chi connectivity index (χ3v) is 5.12. The highest BCUT2D eigenvalue weighted by atomic mass is 16.3. The van der Waals surface area contributed by atoms with Gasteiger partial charge in [-0.15, -0.1) is 0 Å². The van der Waals surface area contributed by atoms with Gasteiger partial charge in [-0.3, -0.25) is 14.7 Å². The second-order valence-electron chi connectivity index (χ2n) is 6.60. The standard InChI is InChI=1S/C19H21N3O2/c1-22-8-7-13-10-21-18-17(13)15(22)9-14(19(18)24)20-11-16(23)12-5-3-2-4-6-12/h2-6,10,15-16,21,23H,7-9,11H2,1H3. The van der Waals surface area contributed by atoms with Crippen LogP contribution in [0.1, 0.15) is 45.7 Å². The first kappa shape index (κ1) is 15.3. The smallest absolute Gasteiger partial charge is 0.223 e. The summed E-state index contributed by atoms with van der Waals surface area (Å²) in [5, 5.41) is 10.3. The molecule has 2 atom stereocenters. The Bertz CT molecular complexity index is 794. The van der Waals surface area contributed by atoms with Crippen molar-refractivity contribution < 1.29 is 9.90 Å². The molecule has 1 aromatic heterocycles. The summed E-state index contributed by atoms with van der Waals surface area (Å²) in [4.78, 5) is 22.6. The largest absolute Gasteiger partial charge is 0.386 e. The van der Waals surface area contributed by atoms with Gasteiger partial charge in [0.15, 0.2) is 0 Å². The number of Topliss-reactive ketones (excluding diaryl/α,β-unsaturated/α-hetero) is 1. The Morgan fingerprint density at radius 3 is 2.96 bits per heavy atom. The fourth-order valence-electron chi connectivity index (χ4n) is 3.72. The van der Waals surface area contributed by atoms with Gasteiger partial charge in [-0.25, -0.2) is 0 Å². The van der Waals surface area contributed by atoms with Crippen LogP contribution in [-0.4, -0.2) is 46.6 Å². The molecule has 0 saturated heterocycles. The molecule has 2 aromatic rings. The van der Waals surface area contributed by atoms with Crippen molar-refractivity contribution in [2.75, 3.05) is 20.1 Å². The number of carbonyl (C=O) groups is 1. The van der Waals surface area contributed by atoms with Gasteiger partial charge < -0.3 is 10.1 Å². The second kappa shape index (κ2) is 6.00. The first-order valence-corrected chi connectivity index (χ1v) is 8.36. The SMILES string of the molecule is CN1CCc2c[nH]c3c2C1CC(=NCC(O)c1ccccc1)C3=O. The van der Waals surface area contributed by atoms with E-state index in [-0.39, 0.29) is 18.4 Å². The highest BCUT2D eigenvalue weighted by Crippen LogP contribution is 2.38. The van der Waals surface area contributed by atoms with Gasteiger partial charge in [-0.05, 0) is 24.6 Å². The zero-order chi connectivity index (χ0) is 16.7. The lowest BCUT2D eigenvalue weighted by Gasteiger charge is -2.36. The van der Waals surface area contributed by atoms with E-state index in [0.717, 1.165) is 24.1 Å². The Hall–Kier alpha value is -2.24. The number of likely N-dealkylation sites (N-methyl/N-ethyl adjacent to an activating group) is 1. The molecule has 0 fully saturated rings. The van der Waals surface area contributed by atoms with Crippen LogP contribution in [0.2, 0.25) is 0 Å². The predicted octanol–water partition coefficient (Wildman–Crippen LogP) is 2.30. The van der Waals surface area contributed by atoms with E-state index in [0.29, 0.717) is 17.8 Å². The summed E-state index contributed by atoms with van der Waals surface area (Å²) in [5.74, 6) is -0.0249. The Kier molecular flexibility index (Phi) is 3.82. The van der Waals surface area contributed by atoms with Gasteiger partial charge in [-0.1, -0.05) is 30.3 Å². The number of aromatic nitrogens is 1. The summed E-state index contributed by atoms with van der Waals surface area (Å²) in [7, 11) is 2.09. The molecule has 0 radical (unpaired) electrons. The zero-order valence-electron chi connectivity index (χ0n) is 13.7. The topological polar surface area (TPSA) is 68.7 Å². The van der Waals surface area contributed by atoms with Crippen LogP contribution in [0.15, 0.2) is 41.5 Å². The molecule has 5 nitrogen and oxygen atoms in total. The van der Waals surface area contributed by atoms with Crippen molar-refractivity contribution in [3.05, 3.63) is 58.9 Å². The number of aliphatic hydroxyl groups is 1. The molecule has 1 aromatic carbocycles. The Morgan fingerprint density at radius 1 is 1.38 bits per heavy atom. The van der Waals surface area contributed by atoms with Crippen molar-refractivity contribution in [3.63, 3.8) is 0 Å². The molecule has 2 N–H and O–H groups in total. The third kappa shape index (κ3) is 2.50. The molecule has 4 rings (SSSR count). The van der Waals surface area contributed by atoms with Crippen molar-refractivity contribution in [3.8, 4) is 0 Å². The number of rotatable bonds is 3. The maximum absolute atomic E-state index is 12.7. The second-order valence-corrected chi connectivity index (χ2v) is 6.60. The monoisotopic (exact) mass is 323 g/mol. The van der Waals surface area contributed by atoms with Crippen LogP contribution in [0.3, 0.4) is 0 Å². The zero-order valence-corrected chi connectivity index (χ0v) is 13.7. The molecule has 24 heavy (non-hydrogen) atoms. The molecule has 2 aliphatic rings. The average Bonchev–Trinajstić information content (AvgIpc) is 3.04. The van der Waals surface area contributed by atoms with E-state index < -0.39 is 6.10 Å². The maximum Gasteiger partial charge on any atom is 0.223 e. The van der Waals surface area contributed by atoms with Crippen LogP contribution in [0.5, 0.6) is 0 Å². The summed E-state index contributed by atoms with van der Waals surface area (Å²) >= 11 is 0. The van der Waals surface area contributed by atoms with Crippen LogP contribution in [0.25, 0.3) is 0 Å². The fourth-order valence-corrected chi connectivity index (χ4v) is 3.72. The molecule has 0 spiro atoms. The number of carbonyl (C=O) groups excluding carboxylic acids is 1. The van der Waals surface area contributed by atoms with E-state index >= 15 is 0 Å². The minimum Gasteiger partial charge on any atom is -0.386 e. The molecule has 2 unspecified atom stereocenters. The van der Waals surface area contributed by atoms with E-state index in [9.17, 15) is 9.90 Å². The van der Waals surface area contributed by atoms with Crippen LogP contribution < -0.4 is 0 Å². The lowest BCUT2D eigenvalue weighted by molar-refractivity contribution is 0.104. The maximum atomic E-state index is 12.7. The molecular formula is C19H21N3O2. The minimum absolute atomic E-state index is 0.0249. The van der Waals surface area contributed by atoms with Crippen molar-refractivity contribution in [2.24, 2.45) is 4.99 Å². The molecule has 0 bridgehead atoms. The number of aromatic amines is 1. The summed E-state index contributed by atoms with van der Waals surface area (Å²) in [5.41, 5.74) is 4.47. The van der Waals surface area contributed by atoms with E-state index in [1.807, 2.05) is 36.5 Å². The van der Waals surface area contributed by atoms with Crippen LogP contribution in [-0.2, 0) is 6.42 Å². The van der Waals surface area contributed by atoms with Gasteiger partial charge in [0.25, 0.3) is 0 Å². The molecule has 2 heterocycles. The number of aliphatic hydroxyl groups excluding tert-OH is 1. The van der Waals surface area contributed by atoms with Gasteiger partial charge in [-0.2, -0.15) is 0 Å². The summed E-state index contributed by atoms with van der Waals surface area (Å²) in [6.45, 7) is 1.20. The lowest BCUT2D eigenvalue weighted by atomic mass is 9.84. The number of hydrogen-bond acceptors (Lipinski definition) is 4. The van der Waals surface area contributed by atoms with Crippen LogP contribution >= 0.6 is 0 Å². The van der Waals surface area contributed by atoms with Crippen molar-refractivity contribution in [2.45, 2.75) is 25.0 Å². The number of aliphatic imine (C=N–C) groups is 1. The van der Waals surface area contributed by atoms with Gasteiger partial charge in [0.1, 0.15) is 0 Å². The first-order valence-electron chi connectivity index (χ1n) is 8.36. The highest BCUT2D eigenvalue weighted by Gasteiger charge is 2.38. The molecule has 0 amide bonds.